The fourth-order valence-corrected chi connectivity index (χ4v) is 2.90. The molecule has 30 heavy (non-hydrogen) atoms. The van der Waals surface area contributed by atoms with Crippen molar-refractivity contribution in [3.8, 4) is 0 Å². The van der Waals surface area contributed by atoms with E-state index < -0.39 is 24.3 Å². The number of amides is 1. The second kappa shape index (κ2) is 10.2. The van der Waals surface area contributed by atoms with Crippen LogP contribution in [-0.2, 0) is 30.3 Å². The summed E-state index contributed by atoms with van der Waals surface area (Å²) in [6.07, 6.45) is 3.23. The fourth-order valence-electron chi connectivity index (χ4n) is 2.90. The molecule has 1 aliphatic rings. The predicted octanol–water partition coefficient (Wildman–Crippen LogP) is 3.43. The van der Waals surface area contributed by atoms with Gasteiger partial charge in [-0.25, -0.2) is 4.79 Å². The summed E-state index contributed by atoms with van der Waals surface area (Å²) in [6.45, 7) is 1.37. The number of benzene rings is 2. The molecule has 2 aromatic carbocycles. The first kappa shape index (κ1) is 21.1. The van der Waals surface area contributed by atoms with Crippen LogP contribution in [0.2, 0.25) is 0 Å². The highest BCUT2D eigenvalue weighted by Gasteiger charge is 2.32. The van der Waals surface area contributed by atoms with E-state index in [0.29, 0.717) is 11.4 Å². The van der Waals surface area contributed by atoms with Crippen LogP contribution in [0.5, 0.6) is 0 Å². The number of anilines is 2. The number of esters is 1. The normalized spacial score (nSPS) is 13.0. The topological polar surface area (TPSA) is 93.7 Å². The average Bonchev–Trinajstić information content (AvgIpc) is 3.12. The second-order valence-electron chi connectivity index (χ2n) is 6.83. The molecule has 156 valence electrons. The third-order valence-electron chi connectivity index (χ3n) is 4.48. The lowest BCUT2D eigenvalue weighted by Crippen LogP contribution is -2.24. The van der Waals surface area contributed by atoms with Gasteiger partial charge in [0.05, 0.1) is 0 Å². The van der Waals surface area contributed by atoms with Crippen LogP contribution in [-0.4, -0.2) is 30.9 Å². The molecule has 7 nitrogen and oxygen atoms in total. The van der Waals surface area contributed by atoms with Gasteiger partial charge in [0.1, 0.15) is 0 Å². The van der Waals surface area contributed by atoms with Crippen LogP contribution < -0.4 is 10.6 Å². The van der Waals surface area contributed by atoms with Gasteiger partial charge >= 0.3 is 5.97 Å². The minimum atomic E-state index is -0.902. The van der Waals surface area contributed by atoms with E-state index in [4.69, 9.17) is 9.47 Å². The predicted molar refractivity (Wildman–Crippen MR) is 113 cm³/mol. The van der Waals surface area contributed by atoms with Crippen molar-refractivity contribution in [2.75, 3.05) is 23.8 Å². The lowest BCUT2D eigenvalue weighted by atomic mass is 10.1. The minimum absolute atomic E-state index is 0.0271. The number of carbonyl (C=O) groups is 3. The van der Waals surface area contributed by atoms with Gasteiger partial charge in [-0.3, -0.25) is 9.59 Å². The lowest BCUT2D eigenvalue weighted by molar-refractivity contribution is -0.144. The number of aryl methyl sites for hydroxylation is 1. The van der Waals surface area contributed by atoms with Crippen LogP contribution in [0, 0.1) is 0 Å². The molecule has 0 fully saturated rings. The van der Waals surface area contributed by atoms with Gasteiger partial charge in [0, 0.05) is 11.4 Å². The van der Waals surface area contributed by atoms with Crippen LogP contribution in [0.25, 0.3) is 0 Å². The Bertz CT molecular complexity index is 936. The Balaban J connectivity index is 1.55. The van der Waals surface area contributed by atoms with Crippen molar-refractivity contribution in [1.29, 1.82) is 0 Å². The number of ketones is 1. The SMILES string of the molecule is CCCCc1ccc(NC(=O)COC(=O)C2=C(Nc3ccccc3)OCC2=O)cc1. The molecule has 0 bridgehead atoms. The molecule has 1 aliphatic heterocycles. The van der Waals surface area contributed by atoms with Gasteiger partial charge in [-0.05, 0) is 42.7 Å². The number of Topliss-reactive ketones (excluding diaryl/α,β-unsaturated/α-hetero) is 1. The molecule has 0 aliphatic carbocycles. The van der Waals surface area contributed by atoms with E-state index in [1.54, 1.807) is 24.3 Å². The monoisotopic (exact) mass is 408 g/mol. The summed E-state index contributed by atoms with van der Waals surface area (Å²) < 4.78 is 10.3. The number of para-hydroxylation sites is 1. The molecule has 1 amide bonds. The smallest absolute Gasteiger partial charge is 0.347 e. The standard InChI is InChI=1S/C23H24N2O5/c1-2-3-7-16-10-12-18(13-11-16)24-20(27)15-30-23(28)21-19(26)14-29-22(21)25-17-8-5-4-6-9-17/h4-6,8-13,25H,2-3,7,14-15H2,1H3,(H,24,27). The van der Waals surface area contributed by atoms with Gasteiger partial charge in [0.15, 0.2) is 18.8 Å². The quantitative estimate of drug-likeness (QED) is 0.488. The molecule has 0 atom stereocenters. The van der Waals surface area contributed by atoms with Crippen molar-refractivity contribution in [3.05, 3.63) is 71.6 Å². The highest BCUT2D eigenvalue weighted by atomic mass is 16.5. The highest BCUT2D eigenvalue weighted by molar-refractivity contribution is 6.20. The summed E-state index contributed by atoms with van der Waals surface area (Å²) in [4.78, 5) is 36.5. The summed E-state index contributed by atoms with van der Waals surface area (Å²) in [5.41, 5.74) is 2.24. The Labute approximate surface area is 175 Å². The van der Waals surface area contributed by atoms with Gasteiger partial charge in [-0.1, -0.05) is 43.7 Å². The van der Waals surface area contributed by atoms with Crippen molar-refractivity contribution in [1.82, 2.24) is 0 Å². The van der Waals surface area contributed by atoms with Gasteiger partial charge in [-0.15, -0.1) is 0 Å². The van der Waals surface area contributed by atoms with E-state index in [-0.39, 0.29) is 18.1 Å². The van der Waals surface area contributed by atoms with E-state index in [1.807, 2.05) is 30.3 Å². The summed E-state index contributed by atoms with van der Waals surface area (Å²) in [7, 11) is 0. The largest absolute Gasteiger partial charge is 0.470 e. The number of hydrogen-bond donors (Lipinski definition) is 2. The van der Waals surface area contributed by atoms with Crippen molar-refractivity contribution in [3.63, 3.8) is 0 Å². The second-order valence-corrected chi connectivity index (χ2v) is 6.83. The molecule has 7 heteroatoms. The maximum atomic E-state index is 12.4. The van der Waals surface area contributed by atoms with E-state index in [1.165, 1.54) is 5.56 Å². The van der Waals surface area contributed by atoms with Crippen molar-refractivity contribution in [2.24, 2.45) is 0 Å². The number of carbonyl (C=O) groups excluding carboxylic acids is 3. The zero-order valence-electron chi connectivity index (χ0n) is 16.8. The molecule has 1 heterocycles. The van der Waals surface area contributed by atoms with Crippen molar-refractivity contribution >= 4 is 29.0 Å². The Morgan fingerprint density at radius 2 is 1.77 bits per heavy atom. The molecule has 0 saturated carbocycles. The van der Waals surface area contributed by atoms with Gasteiger partial charge in [0.2, 0.25) is 11.7 Å². The number of rotatable bonds is 9. The van der Waals surface area contributed by atoms with E-state index >= 15 is 0 Å². The molecule has 3 rings (SSSR count). The maximum Gasteiger partial charge on any atom is 0.347 e. The van der Waals surface area contributed by atoms with Crippen molar-refractivity contribution < 1.29 is 23.9 Å². The van der Waals surface area contributed by atoms with Gasteiger partial charge < -0.3 is 20.1 Å². The Hall–Kier alpha value is -3.61. The molecule has 0 saturated heterocycles. The molecule has 2 aromatic rings. The molecule has 0 radical (unpaired) electrons. The van der Waals surface area contributed by atoms with Crippen LogP contribution >= 0.6 is 0 Å². The molecular weight excluding hydrogens is 384 g/mol. The first-order chi connectivity index (χ1) is 14.6. The third-order valence-corrected chi connectivity index (χ3v) is 4.48. The highest BCUT2D eigenvalue weighted by Crippen LogP contribution is 2.20. The summed E-state index contributed by atoms with van der Waals surface area (Å²) in [5.74, 6) is -1.86. The third kappa shape index (κ3) is 5.70. The van der Waals surface area contributed by atoms with E-state index in [2.05, 4.69) is 17.6 Å². The van der Waals surface area contributed by atoms with Crippen molar-refractivity contribution in [2.45, 2.75) is 26.2 Å². The van der Waals surface area contributed by atoms with Crippen LogP contribution in [0.4, 0.5) is 11.4 Å². The first-order valence-electron chi connectivity index (χ1n) is 9.85. The number of nitrogens with one attached hydrogen (secondary N) is 2. The molecule has 0 unspecified atom stereocenters. The molecular formula is C23H24N2O5. The van der Waals surface area contributed by atoms with Crippen LogP contribution in [0.15, 0.2) is 66.1 Å². The zero-order chi connectivity index (χ0) is 21.3. The van der Waals surface area contributed by atoms with Gasteiger partial charge in [0.25, 0.3) is 5.91 Å². The maximum absolute atomic E-state index is 12.4. The zero-order valence-corrected chi connectivity index (χ0v) is 16.8. The minimum Gasteiger partial charge on any atom is -0.470 e. The fraction of sp³-hybridized carbons (Fsp3) is 0.261. The first-order valence-corrected chi connectivity index (χ1v) is 9.85. The molecule has 2 N–H and O–H groups in total. The van der Waals surface area contributed by atoms with E-state index in [9.17, 15) is 14.4 Å². The summed E-state index contributed by atoms with van der Waals surface area (Å²) in [6, 6.07) is 16.5. The number of hydrogen-bond acceptors (Lipinski definition) is 6. The van der Waals surface area contributed by atoms with Crippen LogP contribution in [0.1, 0.15) is 25.3 Å². The number of ether oxygens (including phenoxy) is 2. The Morgan fingerprint density at radius 3 is 2.47 bits per heavy atom. The van der Waals surface area contributed by atoms with E-state index in [0.717, 1.165) is 19.3 Å². The Morgan fingerprint density at radius 1 is 1.03 bits per heavy atom. The summed E-state index contributed by atoms with van der Waals surface area (Å²) in [5, 5.41) is 5.55. The van der Waals surface area contributed by atoms with Gasteiger partial charge in [-0.2, -0.15) is 0 Å². The Kier molecular flexibility index (Phi) is 7.21. The molecule has 0 spiro atoms. The lowest BCUT2D eigenvalue weighted by Gasteiger charge is -2.09. The number of unbranched alkanes of at least 4 members (excludes halogenated alkanes) is 1. The average molecular weight is 408 g/mol. The molecule has 0 aromatic heterocycles. The van der Waals surface area contributed by atoms with Crippen LogP contribution in [0.3, 0.4) is 0 Å². The summed E-state index contributed by atoms with van der Waals surface area (Å²) >= 11 is 0.